The summed E-state index contributed by atoms with van der Waals surface area (Å²) >= 11 is 7.19. The van der Waals surface area contributed by atoms with Gasteiger partial charge in [-0.1, -0.05) is 24.3 Å². The highest BCUT2D eigenvalue weighted by molar-refractivity contribution is 8.14. The van der Waals surface area contributed by atoms with Crippen LogP contribution in [0.3, 0.4) is 0 Å². The Labute approximate surface area is 146 Å². The number of hydrogen-bond donors (Lipinski definition) is 0. The van der Waals surface area contributed by atoms with E-state index in [4.69, 9.17) is 11.6 Å². The Morgan fingerprint density at radius 3 is 2.70 bits per heavy atom. The molecule has 0 amide bonds. The van der Waals surface area contributed by atoms with Gasteiger partial charge in [0, 0.05) is 10.8 Å². The normalized spacial score (nSPS) is 19.4. The number of hydrogen-bond acceptors (Lipinski definition) is 3. The molecule has 1 unspecified atom stereocenters. The van der Waals surface area contributed by atoms with Crippen LogP contribution in [-0.4, -0.2) is 18.9 Å². The molecule has 0 spiro atoms. The second-order valence-corrected chi connectivity index (χ2v) is 9.38. The Hall–Kier alpha value is -1.17. The van der Waals surface area contributed by atoms with Crippen LogP contribution in [0.5, 0.6) is 0 Å². The molecule has 3 nitrogen and oxygen atoms in total. The first kappa shape index (κ1) is 16.7. The van der Waals surface area contributed by atoms with Crippen molar-refractivity contribution < 1.29 is 8.42 Å². The summed E-state index contributed by atoms with van der Waals surface area (Å²) in [6.07, 6.45) is 1.23. The number of aryl methyl sites for hydroxylation is 1. The largest absolute Gasteiger partial charge is 0.252 e. The van der Waals surface area contributed by atoms with Crippen molar-refractivity contribution in [3.8, 4) is 0 Å². The van der Waals surface area contributed by atoms with Crippen LogP contribution in [0.2, 0.25) is 0 Å². The number of para-hydroxylation sites is 1. The summed E-state index contributed by atoms with van der Waals surface area (Å²) in [4.78, 5) is 0.989. The van der Waals surface area contributed by atoms with Gasteiger partial charge >= 0.3 is 0 Å². The van der Waals surface area contributed by atoms with Crippen molar-refractivity contribution in [3.63, 3.8) is 0 Å². The number of sulfonamides is 1. The highest BCUT2D eigenvalue weighted by Crippen LogP contribution is 2.47. The fourth-order valence-electron chi connectivity index (χ4n) is 2.67. The second-order valence-electron chi connectivity index (χ2n) is 5.49. The van der Waals surface area contributed by atoms with Crippen LogP contribution in [0, 0.1) is 6.92 Å². The number of thioether (sulfide) groups is 1. The minimum Gasteiger partial charge on any atom is -0.236 e. The summed E-state index contributed by atoms with van der Waals surface area (Å²) in [7, 11) is -3.48. The lowest BCUT2D eigenvalue weighted by Crippen LogP contribution is -2.37. The first-order valence-electron chi connectivity index (χ1n) is 7.46. The summed E-state index contributed by atoms with van der Waals surface area (Å²) < 4.78 is 27.3. The zero-order valence-electron chi connectivity index (χ0n) is 12.8. The predicted octanol–water partition coefficient (Wildman–Crippen LogP) is 4.91. The van der Waals surface area contributed by atoms with E-state index in [1.807, 2.05) is 55.5 Å². The topological polar surface area (TPSA) is 37.4 Å². The van der Waals surface area contributed by atoms with E-state index in [2.05, 4.69) is 0 Å². The minimum absolute atomic E-state index is 0.471. The van der Waals surface area contributed by atoms with E-state index >= 15 is 0 Å². The predicted molar refractivity (Wildman–Crippen MR) is 98.3 cm³/mol. The SMILES string of the molecule is Cc1cccc(N2c3ccccc3SC(CCCCl)S2(=O)=O)c1. The van der Waals surface area contributed by atoms with Crippen LogP contribution >= 0.6 is 23.4 Å². The van der Waals surface area contributed by atoms with Gasteiger partial charge in [-0.3, -0.25) is 0 Å². The number of rotatable bonds is 4. The Morgan fingerprint density at radius 1 is 1.17 bits per heavy atom. The highest BCUT2D eigenvalue weighted by Gasteiger charge is 2.39. The first-order valence-corrected chi connectivity index (χ1v) is 10.4. The Bertz CT molecular complexity index is 808. The lowest BCUT2D eigenvalue weighted by Gasteiger charge is -2.35. The molecule has 0 saturated heterocycles. The van der Waals surface area contributed by atoms with Gasteiger partial charge in [-0.25, -0.2) is 12.7 Å². The molecule has 23 heavy (non-hydrogen) atoms. The Morgan fingerprint density at radius 2 is 1.96 bits per heavy atom. The van der Waals surface area contributed by atoms with Gasteiger partial charge in [0.1, 0.15) is 4.58 Å². The van der Waals surface area contributed by atoms with Gasteiger partial charge in [0.15, 0.2) is 0 Å². The zero-order chi connectivity index (χ0) is 16.4. The molecule has 2 aromatic rings. The van der Waals surface area contributed by atoms with Gasteiger partial charge in [0.05, 0.1) is 11.4 Å². The van der Waals surface area contributed by atoms with E-state index in [0.717, 1.165) is 16.1 Å². The third kappa shape index (κ3) is 3.23. The average molecular weight is 368 g/mol. The molecule has 3 rings (SSSR count). The highest BCUT2D eigenvalue weighted by atomic mass is 35.5. The molecule has 0 N–H and O–H groups in total. The summed E-state index contributed by atoms with van der Waals surface area (Å²) in [6, 6.07) is 15.3. The molecular weight excluding hydrogens is 350 g/mol. The molecule has 0 fully saturated rings. The molecule has 1 atom stereocenters. The van der Waals surface area contributed by atoms with Gasteiger partial charge in [-0.05, 0) is 49.6 Å². The van der Waals surface area contributed by atoms with Crippen LogP contribution < -0.4 is 4.31 Å². The van der Waals surface area contributed by atoms with Gasteiger partial charge in [0.25, 0.3) is 10.0 Å². The fourth-order valence-corrected chi connectivity index (χ4v) is 6.49. The number of benzene rings is 2. The zero-order valence-corrected chi connectivity index (χ0v) is 15.2. The molecule has 1 heterocycles. The van der Waals surface area contributed by atoms with Gasteiger partial charge in [-0.2, -0.15) is 0 Å². The molecular formula is C17H18ClNO2S2. The van der Waals surface area contributed by atoms with E-state index in [-0.39, 0.29) is 0 Å². The quantitative estimate of drug-likeness (QED) is 0.720. The number of anilines is 2. The molecule has 0 bridgehead atoms. The Kier molecular flexibility index (Phi) is 4.90. The number of alkyl halides is 1. The lowest BCUT2D eigenvalue weighted by atomic mass is 10.2. The van der Waals surface area contributed by atoms with Gasteiger partial charge in [0.2, 0.25) is 0 Å². The Balaban J connectivity index is 2.14. The van der Waals surface area contributed by atoms with Crippen molar-refractivity contribution >= 4 is 44.8 Å². The summed E-state index contributed by atoms with van der Waals surface area (Å²) in [5, 5.41) is 0. The van der Waals surface area contributed by atoms with Crippen molar-refractivity contribution in [2.24, 2.45) is 0 Å². The molecule has 0 radical (unpaired) electrons. The van der Waals surface area contributed by atoms with E-state index in [0.29, 0.717) is 24.4 Å². The van der Waals surface area contributed by atoms with Crippen molar-refractivity contribution in [2.45, 2.75) is 29.2 Å². The molecule has 0 saturated carbocycles. The molecule has 0 aliphatic carbocycles. The van der Waals surface area contributed by atoms with E-state index in [1.54, 1.807) is 0 Å². The number of nitrogens with zero attached hydrogens (tertiary/aromatic N) is 1. The molecule has 0 aromatic heterocycles. The number of fused-ring (bicyclic) bond motifs is 1. The van der Waals surface area contributed by atoms with Crippen molar-refractivity contribution in [2.75, 3.05) is 10.2 Å². The maximum Gasteiger partial charge on any atom is 0.252 e. The molecule has 1 aliphatic rings. The fraction of sp³-hybridized carbons (Fsp3) is 0.294. The smallest absolute Gasteiger partial charge is 0.236 e. The van der Waals surface area contributed by atoms with Crippen molar-refractivity contribution in [1.29, 1.82) is 0 Å². The molecule has 6 heteroatoms. The number of halogens is 1. The van der Waals surface area contributed by atoms with Crippen LogP contribution in [0.4, 0.5) is 11.4 Å². The third-order valence-electron chi connectivity index (χ3n) is 3.74. The van der Waals surface area contributed by atoms with Crippen molar-refractivity contribution in [1.82, 2.24) is 0 Å². The molecule has 2 aromatic carbocycles. The van der Waals surface area contributed by atoms with E-state index in [9.17, 15) is 8.42 Å². The third-order valence-corrected chi connectivity index (χ3v) is 7.94. The summed E-state index contributed by atoms with van der Waals surface area (Å²) in [6.45, 7) is 1.96. The maximum absolute atomic E-state index is 13.2. The lowest BCUT2D eigenvalue weighted by molar-refractivity contribution is 0.588. The molecule has 122 valence electrons. The summed E-state index contributed by atoms with van der Waals surface area (Å²) in [5.74, 6) is 0.471. The monoisotopic (exact) mass is 367 g/mol. The summed E-state index contributed by atoms with van der Waals surface area (Å²) in [5.41, 5.74) is 2.45. The van der Waals surface area contributed by atoms with Crippen molar-refractivity contribution in [3.05, 3.63) is 54.1 Å². The molecule has 1 aliphatic heterocycles. The minimum atomic E-state index is -3.48. The van der Waals surface area contributed by atoms with Crippen LogP contribution in [-0.2, 0) is 10.0 Å². The van der Waals surface area contributed by atoms with E-state index in [1.165, 1.54) is 16.1 Å². The van der Waals surface area contributed by atoms with Crippen LogP contribution in [0.25, 0.3) is 0 Å². The van der Waals surface area contributed by atoms with Crippen LogP contribution in [0.15, 0.2) is 53.4 Å². The second kappa shape index (κ2) is 6.75. The average Bonchev–Trinajstić information content (AvgIpc) is 2.52. The van der Waals surface area contributed by atoms with Gasteiger partial charge < -0.3 is 0 Å². The first-order chi connectivity index (χ1) is 11.0. The maximum atomic E-state index is 13.2. The van der Waals surface area contributed by atoms with Gasteiger partial charge in [-0.15, -0.1) is 23.4 Å². The van der Waals surface area contributed by atoms with E-state index < -0.39 is 14.6 Å². The standard InChI is InChI=1S/C17H18ClNO2S2/c1-13-6-4-7-14(12-13)19-15-8-2-3-9-16(15)22-17(10-5-11-18)23(19,20)21/h2-4,6-9,12,17H,5,10-11H2,1H3. The van der Waals surface area contributed by atoms with Crippen LogP contribution in [0.1, 0.15) is 18.4 Å².